The van der Waals surface area contributed by atoms with Crippen molar-refractivity contribution in [2.75, 3.05) is 6.61 Å². The highest BCUT2D eigenvalue weighted by Gasteiger charge is 2.27. The molecule has 3 nitrogen and oxygen atoms in total. The van der Waals surface area contributed by atoms with E-state index in [1.807, 2.05) is 24.3 Å². The van der Waals surface area contributed by atoms with E-state index in [2.05, 4.69) is 9.97 Å². The summed E-state index contributed by atoms with van der Waals surface area (Å²) in [5.41, 5.74) is 1.61. The highest BCUT2D eigenvalue weighted by atomic mass is 19.3. The molecule has 2 rings (SSSR count). The van der Waals surface area contributed by atoms with Crippen molar-refractivity contribution in [1.29, 1.82) is 0 Å². The Morgan fingerprint density at radius 1 is 1.31 bits per heavy atom. The molecule has 1 heterocycles. The third-order valence-corrected chi connectivity index (χ3v) is 2.40. The molecule has 0 spiro atoms. The van der Waals surface area contributed by atoms with Crippen molar-refractivity contribution in [3.8, 4) is 0 Å². The maximum absolute atomic E-state index is 12.8. The summed E-state index contributed by atoms with van der Waals surface area (Å²) in [6.07, 6.45) is -0.272. The zero-order valence-electron chi connectivity index (χ0n) is 8.58. The Hall–Kier alpha value is -1.49. The van der Waals surface area contributed by atoms with Gasteiger partial charge in [0.15, 0.2) is 0 Å². The van der Waals surface area contributed by atoms with Gasteiger partial charge in [0.05, 0.1) is 11.0 Å². The number of fused-ring (bicyclic) bond motifs is 1. The zero-order valence-corrected chi connectivity index (χ0v) is 8.58. The Labute approximate surface area is 91.1 Å². The lowest BCUT2D eigenvalue weighted by molar-refractivity contribution is -0.0561. The quantitative estimate of drug-likeness (QED) is 0.838. The zero-order chi connectivity index (χ0) is 11.6. The average molecular weight is 226 g/mol. The van der Waals surface area contributed by atoms with E-state index in [1.165, 1.54) is 0 Å². The van der Waals surface area contributed by atoms with Crippen molar-refractivity contribution in [1.82, 2.24) is 9.97 Å². The molecule has 86 valence electrons. The lowest BCUT2D eigenvalue weighted by Gasteiger charge is -2.11. The van der Waals surface area contributed by atoms with Crippen LogP contribution in [-0.2, 0) is 6.42 Å². The van der Waals surface area contributed by atoms with Gasteiger partial charge < -0.3 is 10.1 Å². The van der Waals surface area contributed by atoms with E-state index >= 15 is 0 Å². The number of nitrogens with one attached hydrogen (secondary N) is 1. The summed E-state index contributed by atoms with van der Waals surface area (Å²) < 4.78 is 25.6. The number of H-pyrrole nitrogens is 1. The third kappa shape index (κ3) is 2.36. The third-order valence-electron chi connectivity index (χ3n) is 2.40. The largest absolute Gasteiger partial charge is 0.390 e. The minimum atomic E-state index is -3.03. The Morgan fingerprint density at radius 2 is 2.06 bits per heavy atom. The molecule has 2 aromatic rings. The first kappa shape index (κ1) is 11.0. The van der Waals surface area contributed by atoms with Crippen LogP contribution in [0.3, 0.4) is 0 Å². The molecular formula is C11H12F2N2O. The summed E-state index contributed by atoms with van der Waals surface area (Å²) in [5, 5.41) is 8.43. The maximum atomic E-state index is 12.8. The number of aliphatic hydroxyl groups is 1. The molecule has 1 aromatic carbocycles. The summed E-state index contributed by atoms with van der Waals surface area (Å²) in [7, 11) is 0. The number of alkyl halides is 2. The fourth-order valence-corrected chi connectivity index (χ4v) is 1.50. The van der Waals surface area contributed by atoms with Gasteiger partial charge in [-0.2, -0.15) is 0 Å². The van der Waals surface area contributed by atoms with Crippen LogP contribution in [0.5, 0.6) is 0 Å². The Balaban J connectivity index is 2.10. The predicted octanol–water partition coefficient (Wildman–Crippen LogP) is 2.12. The molecule has 0 aliphatic heterocycles. The maximum Gasteiger partial charge on any atom is 0.271 e. The van der Waals surface area contributed by atoms with Gasteiger partial charge >= 0.3 is 0 Å². The van der Waals surface area contributed by atoms with Gasteiger partial charge in [-0.05, 0) is 12.1 Å². The molecule has 0 unspecified atom stereocenters. The molecule has 0 saturated heterocycles. The topological polar surface area (TPSA) is 48.9 Å². The fraction of sp³-hybridized carbons (Fsp3) is 0.364. The molecule has 1 aromatic heterocycles. The molecule has 0 saturated carbocycles. The second kappa shape index (κ2) is 4.17. The van der Waals surface area contributed by atoms with E-state index in [1.54, 1.807) is 0 Å². The molecule has 0 amide bonds. The normalized spacial score (nSPS) is 12.2. The molecule has 5 heteroatoms. The number of aromatic amines is 1. The van der Waals surface area contributed by atoms with Gasteiger partial charge in [-0.25, -0.2) is 13.8 Å². The second-order valence-electron chi connectivity index (χ2n) is 3.71. The molecule has 0 radical (unpaired) electrons. The van der Waals surface area contributed by atoms with Crippen LogP contribution < -0.4 is 0 Å². The Bertz CT molecular complexity index is 449. The molecular weight excluding hydrogens is 214 g/mol. The van der Waals surface area contributed by atoms with Crippen LogP contribution in [0.2, 0.25) is 0 Å². The van der Waals surface area contributed by atoms with Crippen LogP contribution in [0.25, 0.3) is 11.0 Å². The lowest BCUT2D eigenvalue weighted by Crippen LogP contribution is -2.22. The minimum Gasteiger partial charge on any atom is -0.390 e. The van der Waals surface area contributed by atoms with Crippen LogP contribution in [-0.4, -0.2) is 27.6 Å². The second-order valence-corrected chi connectivity index (χ2v) is 3.71. The SMILES string of the molecule is OCC(F)(F)CCc1nc2ccccc2[nH]1. The van der Waals surface area contributed by atoms with Gasteiger partial charge in [0.25, 0.3) is 5.92 Å². The van der Waals surface area contributed by atoms with E-state index in [4.69, 9.17) is 5.11 Å². The smallest absolute Gasteiger partial charge is 0.271 e. The predicted molar refractivity (Wildman–Crippen MR) is 56.4 cm³/mol. The van der Waals surface area contributed by atoms with Gasteiger partial charge in [0.1, 0.15) is 12.4 Å². The molecule has 0 fully saturated rings. The number of benzene rings is 1. The van der Waals surface area contributed by atoms with Crippen molar-refractivity contribution in [3.05, 3.63) is 30.1 Å². The van der Waals surface area contributed by atoms with Crippen molar-refractivity contribution in [2.45, 2.75) is 18.8 Å². The van der Waals surface area contributed by atoms with E-state index in [9.17, 15) is 8.78 Å². The number of hydrogen-bond donors (Lipinski definition) is 2. The van der Waals surface area contributed by atoms with Crippen molar-refractivity contribution < 1.29 is 13.9 Å². The summed E-state index contributed by atoms with van der Waals surface area (Å²) in [4.78, 5) is 7.15. The van der Waals surface area contributed by atoms with Crippen molar-refractivity contribution >= 4 is 11.0 Å². The summed E-state index contributed by atoms with van der Waals surface area (Å²) in [5.74, 6) is -2.51. The molecule has 0 aliphatic carbocycles. The number of aliphatic hydroxyl groups excluding tert-OH is 1. The molecule has 0 atom stereocenters. The van der Waals surface area contributed by atoms with Crippen LogP contribution in [0.4, 0.5) is 8.78 Å². The van der Waals surface area contributed by atoms with Crippen LogP contribution in [0.1, 0.15) is 12.2 Å². The first-order valence-corrected chi connectivity index (χ1v) is 5.03. The first-order chi connectivity index (χ1) is 7.61. The number of imidazole rings is 1. The summed E-state index contributed by atoms with van der Waals surface area (Å²) in [6, 6.07) is 7.36. The van der Waals surface area contributed by atoms with Gasteiger partial charge in [-0.3, -0.25) is 0 Å². The standard InChI is InChI=1S/C11H12F2N2O/c12-11(13,7-16)6-5-10-14-8-3-1-2-4-9(8)15-10/h1-4,16H,5-7H2,(H,14,15). The number of aromatic nitrogens is 2. The number of halogens is 2. The summed E-state index contributed by atoms with van der Waals surface area (Å²) >= 11 is 0. The van der Waals surface area contributed by atoms with Crippen LogP contribution >= 0.6 is 0 Å². The Kier molecular flexibility index (Phi) is 2.87. The van der Waals surface area contributed by atoms with E-state index < -0.39 is 19.0 Å². The van der Waals surface area contributed by atoms with Gasteiger partial charge in [0, 0.05) is 12.8 Å². The lowest BCUT2D eigenvalue weighted by atomic mass is 10.2. The highest BCUT2D eigenvalue weighted by molar-refractivity contribution is 5.74. The Morgan fingerprint density at radius 3 is 2.75 bits per heavy atom. The first-order valence-electron chi connectivity index (χ1n) is 5.03. The van der Waals surface area contributed by atoms with Crippen molar-refractivity contribution in [2.24, 2.45) is 0 Å². The van der Waals surface area contributed by atoms with Crippen LogP contribution in [0, 0.1) is 0 Å². The van der Waals surface area contributed by atoms with E-state index in [0.29, 0.717) is 5.82 Å². The van der Waals surface area contributed by atoms with Crippen molar-refractivity contribution in [3.63, 3.8) is 0 Å². The van der Waals surface area contributed by atoms with Crippen LogP contribution in [0.15, 0.2) is 24.3 Å². The van der Waals surface area contributed by atoms with Gasteiger partial charge in [0.2, 0.25) is 0 Å². The number of para-hydroxylation sites is 2. The van der Waals surface area contributed by atoms with Gasteiger partial charge in [-0.15, -0.1) is 0 Å². The highest BCUT2D eigenvalue weighted by Crippen LogP contribution is 2.20. The molecule has 0 bridgehead atoms. The summed E-state index contributed by atoms with van der Waals surface area (Å²) in [6.45, 7) is -1.12. The van der Waals surface area contributed by atoms with E-state index in [0.717, 1.165) is 11.0 Å². The number of aryl methyl sites for hydroxylation is 1. The fourth-order valence-electron chi connectivity index (χ4n) is 1.50. The van der Waals surface area contributed by atoms with E-state index in [-0.39, 0.29) is 6.42 Å². The molecule has 0 aliphatic rings. The molecule has 16 heavy (non-hydrogen) atoms. The van der Waals surface area contributed by atoms with Gasteiger partial charge in [-0.1, -0.05) is 12.1 Å². The monoisotopic (exact) mass is 226 g/mol. The number of rotatable bonds is 4. The number of nitrogens with zero attached hydrogens (tertiary/aromatic N) is 1. The molecule has 2 N–H and O–H groups in total. The average Bonchev–Trinajstić information content (AvgIpc) is 2.69. The minimum absolute atomic E-state index is 0.127. The number of hydrogen-bond acceptors (Lipinski definition) is 2.